The van der Waals surface area contributed by atoms with Gasteiger partial charge in [-0.1, -0.05) is 30.3 Å². The molecule has 1 aliphatic rings. The van der Waals surface area contributed by atoms with E-state index in [1.807, 2.05) is 30.3 Å². The topological polar surface area (TPSA) is 58.1 Å². The van der Waals surface area contributed by atoms with E-state index in [9.17, 15) is 4.79 Å². The summed E-state index contributed by atoms with van der Waals surface area (Å²) in [4.78, 5) is 23.2. The highest BCUT2D eigenvalue weighted by atomic mass is 16.2. The van der Waals surface area contributed by atoms with E-state index in [4.69, 9.17) is 0 Å². The number of hydrogen-bond acceptors (Lipinski definition) is 4. The molecule has 1 N–H and O–H groups in total. The van der Waals surface area contributed by atoms with Gasteiger partial charge >= 0.3 is 0 Å². The number of carbonyl (C=O) groups is 1. The molecule has 3 aromatic rings. The van der Waals surface area contributed by atoms with E-state index in [0.29, 0.717) is 18.1 Å². The maximum Gasteiger partial charge on any atom is 0.277 e. The average molecular weight is 344 g/mol. The first-order valence-electron chi connectivity index (χ1n) is 8.68. The van der Waals surface area contributed by atoms with E-state index >= 15 is 0 Å². The van der Waals surface area contributed by atoms with Crippen LogP contribution in [0.2, 0.25) is 0 Å². The highest BCUT2D eigenvalue weighted by molar-refractivity contribution is 6.06. The predicted octanol–water partition coefficient (Wildman–Crippen LogP) is 4.04. The zero-order chi connectivity index (χ0) is 18.1. The summed E-state index contributed by atoms with van der Waals surface area (Å²) >= 11 is 0. The van der Waals surface area contributed by atoms with Crippen molar-refractivity contribution in [1.82, 2.24) is 9.97 Å². The molecule has 130 valence electrons. The first-order valence-corrected chi connectivity index (χ1v) is 8.68. The number of rotatable bonds is 3. The summed E-state index contributed by atoms with van der Waals surface area (Å²) in [5.74, 6) is 0.519. The number of carbonyl (C=O) groups excluding carboxylic acids is 1. The third-order valence-corrected chi connectivity index (χ3v) is 4.89. The second-order valence-electron chi connectivity index (χ2n) is 6.50. The fourth-order valence-electron chi connectivity index (χ4n) is 3.25. The van der Waals surface area contributed by atoms with Crippen molar-refractivity contribution < 1.29 is 4.79 Å². The summed E-state index contributed by atoms with van der Waals surface area (Å²) in [5, 5.41) is 3.30. The van der Waals surface area contributed by atoms with Crippen molar-refractivity contribution in [3.05, 3.63) is 77.2 Å². The average Bonchev–Trinajstić information content (AvgIpc) is 3.09. The molecule has 5 heteroatoms. The number of nitrogens with zero attached hydrogens (tertiary/aromatic N) is 3. The van der Waals surface area contributed by atoms with Gasteiger partial charge in [0.15, 0.2) is 0 Å². The van der Waals surface area contributed by atoms with Crippen molar-refractivity contribution in [2.75, 3.05) is 16.8 Å². The van der Waals surface area contributed by atoms with Crippen molar-refractivity contribution in [2.45, 2.75) is 20.3 Å². The molecule has 0 spiro atoms. The summed E-state index contributed by atoms with van der Waals surface area (Å²) in [7, 11) is 0. The third kappa shape index (κ3) is 2.92. The molecular formula is C21H20N4O. The van der Waals surface area contributed by atoms with Crippen LogP contribution in [0.1, 0.15) is 27.2 Å². The van der Waals surface area contributed by atoms with Gasteiger partial charge in [0.05, 0.1) is 0 Å². The molecule has 5 nitrogen and oxygen atoms in total. The second-order valence-corrected chi connectivity index (χ2v) is 6.50. The largest absolute Gasteiger partial charge is 0.340 e. The minimum atomic E-state index is -0.0960. The molecule has 0 radical (unpaired) electrons. The summed E-state index contributed by atoms with van der Waals surface area (Å²) in [6.07, 6.45) is 2.31. The Balaban J connectivity index is 1.60. The Labute approximate surface area is 152 Å². The zero-order valence-electron chi connectivity index (χ0n) is 14.9. The molecular weight excluding hydrogens is 324 g/mol. The number of benzene rings is 2. The van der Waals surface area contributed by atoms with Crippen LogP contribution in [0.25, 0.3) is 0 Å². The van der Waals surface area contributed by atoms with Gasteiger partial charge in [-0.15, -0.1) is 0 Å². The molecule has 0 atom stereocenters. The van der Waals surface area contributed by atoms with E-state index in [1.165, 1.54) is 17.5 Å². The van der Waals surface area contributed by atoms with Crippen LogP contribution >= 0.6 is 0 Å². The van der Waals surface area contributed by atoms with Gasteiger partial charge in [-0.05, 0) is 49.1 Å². The SMILES string of the molecule is Cc1cccc(Nc2cc(C(=O)N3CCc4ccccc43)ncn2)c1C. The first-order chi connectivity index (χ1) is 12.6. The van der Waals surface area contributed by atoms with Gasteiger partial charge in [0.1, 0.15) is 17.8 Å². The first kappa shape index (κ1) is 16.3. The Hall–Kier alpha value is -3.21. The molecule has 0 unspecified atom stereocenters. The lowest BCUT2D eigenvalue weighted by Crippen LogP contribution is -2.29. The Morgan fingerprint density at radius 2 is 1.92 bits per heavy atom. The maximum atomic E-state index is 12.9. The third-order valence-electron chi connectivity index (χ3n) is 4.89. The predicted molar refractivity (Wildman–Crippen MR) is 103 cm³/mol. The number of aryl methyl sites for hydroxylation is 1. The molecule has 0 aliphatic carbocycles. The maximum absolute atomic E-state index is 12.9. The van der Waals surface area contributed by atoms with Crippen LogP contribution in [0.5, 0.6) is 0 Å². The van der Waals surface area contributed by atoms with Crippen molar-refractivity contribution in [2.24, 2.45) is 0 Å². The zero-order valence-corrected chi connectivity index (χ0v) is 14.9. The van der Waals surface area contributed by atoms with Crippen LogP contribution < -0.4 is 10.2 Å². The van der Waals surface area contributed by atoms with Gasteiger partial charge in [-0.2, -0.15) is 0 Å². The van der Waals surface area contributed by atoms with Crippen molar-refractivity contribution in [1.29, 1.82) is 0 Å². The number of para-hydroxylation sites is 1. The number of amides is 1. The van der Waals surface area contributed by atoms with E-state index in [2.05, 4.69) is 41.3 Å². The molecule has 4 rings (SSSR count). The molecule has 2 aromatic carbocycles. The van der Waals surface area contributed by atoms with Crippen LogP contribution in [-0.2, 0) is 6.42 Å². The molecule has 1 aromatic heterocycles. The fraction of sp³-hybridized carbons (Fsp3) is 0.190. The van der Waals surface area contributed by atoms with Crippen molar-refractivity contribution in [3.63, 3.8) is 0 Å². The number of fused-ring (bicyclic) bond motifs is 1. The Bertz CT molecular complexity index is 983. The molecule has 0 bridgehead atoms. The van der Waals surface area contributed by atoms with Crippen LogP contribution in [0.3, 0.4) is 0 Å². The fourth-order valence-corrected chi connectivity index (χ4v) is 3.25. The van der Waals surface area contributed by atoms with Gasteiger partial charge < -0.3 is 10.2 Å². The van der Waals surface area contributed by atoms with Gasteiger partial charge in [-0.25, -0.2) is 9.97 Å². The van der Waals surface area contributed by atoms with Crippen LogP contribution in [-0.4, -0.2) is 22.4 Å². The molecule has 0 saturated carbocycles. The molecule has 2 heterocycles. The molecule has 0 fully saturated rings. The van der Waals surface area contributed by atoms with E-state index in [1.54, 1.807) is 11.0 Å². The lowest BCUT2D eigenvalue weighted by molar-refractivity contribution is 0.0984. The van der Waals surface area contributed by atoms with Gasteiger partial charge in [0, 0.05) is 24.0 Å². The lowest BCUT2D eigenvalue weighted by Gasteiger charge is -2.17. The normalized spacial score (nSPS) is 12.8. The standard InChI is InChI=1S/C21H20N4O/c1-14-6-5-8-17(15(14)2)24-20-12-18(22-13-23-20)21(26)25-11-10-16-7-3-4-9-19(16)25/h3-9,12-13H,10-11H2,1-2H3,(H,22,23,24). The summed E-state index contributed by atoms with van der Waals surface area (Å²) in [6.45, 7) is 4.81. The Morgan fingerprint density at radius 3 is 2.81 bits per heavy atom. The highest BCUT2D eigenvalue weighted by Gasteiger charge is 2.26. The van der Waals surface area contributed by atoms with Crippen molar-refractivity contribution >= 4 is 23.1 Å². The summed E-state index contributed by atoms with van der Waals surface area (Å²) in [5.41, 5.74) is 5.91. The molecule has 1 aliphatic heterocycles. The Morgan fingerprint density at radius 1 is 1.08 bits per heavy atom. The second kappa shape index (κ2) is 6.59. The quantitative estimate of drug-likeness (QED) is 0.779. The lowest BCUT2D eigenvalue weighted by atomic mass is 10.1. The highest BCUT2D eigenvalue weighted by Crippen LogP contribution is 2.29. The smallest absolute Gasteiger partial charge is 0.277 e. The van der Waals surface area contributed by atoms with E-state index < -0.39 is 0 Å². The minimum absolute atomic E-state index is 0.0960. The monoisotopic (exact) mass is 344 g/mol. The van der Waals surface area contributed by atoms with Gasteiger partial charge in [0.25, 0.3) is 5.91 Å². The van der Waals surface area contributed by atoms with Gasteiger partial charge in [-0.3, -0.25) is 4.79 Å². The molecule has 26 heavy (non-hydrogen) atoms. The minimum Gasteiger partial charge on any atom is -0.340 e. The van der Waals surface area contributed by atoms with E-state index in [0.717, 1.165) is 23.4 Å². The van der Waals surface area contributed by atoms with E-state index in [-0.39, 0.29) is 5.91 Å². The Kier molecular flexibility index (Phi) is 4.13. The molecule has 0 saturated heterocycles. The van der Waals surface area contributed by atoms with Gasteiger partial charge in [0.2, 0.25) is 0 Å². The number of nitrogens with one attached hydrogen (secondary N) is 1. The number of hydrogen-bond donors (Lipinski definition) is 1. The summed E-state index contributed by atoms with van der Waals surface area (Å²) in [6, 6.07) is 15.8. The number of aromatic nitrogens is 2. The molecule has 1 amide bonds. The van der Waals surface area contributed by atoms with Crippen LogP contribution in [0.4, 0.5) is 17.2 Å². The van der Waals surface area contributed by atoms with Crippen LogP contribution in [0.15, 0.2) is 54.9 Å². The summed E-state index contributed by atoms with van der Waals surface area (Å²) < 4.78 is 0. The number of anilines is 3. The van der Waals surface area contributed by atoms with Crippen molar-refractivity contribution in [3.8, 4) is 0 Å². The van der Waals surface area contributed by atoms with Crippen LogP contribution in [0, 0.1) is 13.8 Å².